The Bertz CT molecular complexity index is 220. The molecule has 0 saturated heterocycles. The smallest absolute Gasteiger partial charge is 0.310 e. The number of alkyl halides is 6. The van der Waals surface area contributed by atoms with Gasteiger partial charge in [-0.05, 0) is 21.0 Å². The maximum Gasteiger partial charge on any atom is 0.390 e. The van der Waals surface area contributed by atoms with E-state index in [-0.39, 0.29) is 0 Å². The molecule has 0 rings (SSSR count). The molecule has 1 unspecified atom stereocenters. The average molecular weight is 280 g/mol. The number of nitrogens with one attached hydrogen (secondary N) is 1. The minimum atomic E-state index is -4.61. The molecule has 0 saturated carbocycles. The average Bonchev–Trinajstić information content (AvgIpc) is 1.92. The zero-order valence-corrected chi connectivity index (χ0v) is 10.5. The highest BCUT2D eigenvalue weighted by Gasteiger charge is 2.39. The van der Waals surface area contributed by atoms with E-state index < -0.39 is 37.3 Å². The van der Waals surface area contributed by atoms with E-state index >= 15 is 0 Å². The Morgan fingerprint density at radius 1 is 0.944 bits per heavy atom. The van der Waals surface area contributed by atoms with Crippen LogP contribution in [0, 0.1) is 0 Å². The fraction of sp³-hybridized carbons (Fsp3) is 1.00. The van der Waals surface area contributed by atoms with E-state index in [4.69, 9.17) is 0 Å². The van der Waals surface area contributed by atoms with E-state index in [9.17, 15) is 26.3 Å². The van der Waals surface area contributed by atoms with E-state index in [0.717, 1.165) is 0 Å². The predicted molar refractivity (Wildman–Crippen MR) is 56.3 cm³/mol. The number of rotatable bonds is 6. The van der Waals surface area contributed by atoms with Crippen molar-refractivity contribution in [3.05, 3.63) is 0 Å². The Hall–Kier alpha value is -0.500. The molecule has 0 bridgehead atoms. The Labute approximate surface area is 102 Å². The molecular formula is C10H18F6N2. The molecule has 0 aromatic carbocycles. The van der Waals surface area contributed by atoms with Crippen molar-refractivity contribution in [1.82, 2.24) is 10.2 Å². The topological polar surface area (TPSA) is 15.3 Å². The summed E-state index contributed by atoms with van der Waals surface area (Å²) in [5.74, 6) is 0. The molecule has 8 heteroatoms. The molecule has 0 aliphatic heterocycles. The van der Waals surface area contributed by atoms with E-state index in [1.807, 2.05) is 0 Å². The molecule has 2 nitrogen and oxygen atoms in total. The van der Waals surface area contributed by atoms with Gasteiger partial charge in [-0.3, -0.25) is 0 Å². The lowest BCUT2D eigenvalue weighted by molar-refractivity contribution is -0.165. The molecule has 0 heterocycles. The molecular weight excluding hydrogens is 262 g/mol. The lowest BCUT2D eigenvalue weighted by Gasteiger charge is -2.26. The molecule has 0 aliphatic rings. The maximum absolute atomic E-state index is 12.2. The van der Waals surface area contributed by atoms with Gasteiger partial charge in [0.05, 0.1) is 12.8 Å². The van der Waals surface area contributed by atoms with E-state index in [2.05, 4.69) is 5.32 Å². The van der Waals surface area contributed by atoms with Crippen LogP contribution in [0.4, 0.5) is 26.3 Å². The minimum Gasteiger partial charge on any atom is -0.310 e. The fourth-order valence-electron chi connectivity index (χ4n) is 1.75. The number of halogens is 6. The lowest BCUT2D eigenvalue weighted by Crippen LogP contribution is -2.45. The van der Waals surface area contributed by atoms with Gasteiger partial charge in [0.15, 0.2) is 0 Å². The van der Waals surface area contributed by atoms with Crippen LogP contribution in [0.3, 0.4) is 0 Å². The molecule has 0 fully saturated rings. The van der Waals surface area contributed by atoms with E-state index in [1.54, 1.807) is 25.9 Å². The van der Waals surface area contributed by atoms with Crippen molar-refractivity contribution in [1.29, 1.82) is 0 Å². The Kier molecular flexibility index (Phi) is 6.42. The summed E-state index contributed by atoms with van der Waals surface area (Å²) < 4.78 is 73.1. The second kappa shape index (κ2) is 6.60. The SMILES string of the molecule is CC(CN(C)C)NC(CC(F)(F)F)CC(F)(F)F. The second-order valence-corrected chi connectivity index (χ2v) is 4.67. The third kappa shape index (κ3) is 10.6. The highest BCUT2D eigenvalue weighted by molar-refractivity contribution is 4.78. The van der Waals surface area contributed by atoms with Gasteiger partial charge >= 0.3 is 12.4 Å². The summed E-state index contributed by atoms with van der Waals surface area (Å²) in [6, 6.07) is -2.09. The Morgan fingerprint density at radius 3 is 1.61 bits per heavy atom. The second-order valence-electron chi connectivity index (χ2n) is 4.67. The molecule has 1 atom stereocenters. The summed E-state index contributed by atoms with van der Waals surface area (Å²) in [6.45, 7) is 1.92. The monoisotopic (exact) mass is 280 g/mol. The van der Waals surface area contributed by atoms with Crippen LogP contribution in [0.15, 0.2) is 0 Å². The predicted octanol–water partition coefficient (Wildman–Crippen LogP) is 2.80. The normalized spacial score (nSPS) is 15.5. The molecule has 0 amide bonds. The highest BCUT2D eigenvalue weighted by atomic mass is 19.4. The summed E-state index contributed by atoms with van der Waals surface area (Å²) in [5, 5.41) is 2.38. The van der Waals surface area contributed by atoms with Gasteiger partial charge in [0.2, 0.25) is 0 Å². The quantitative estimate of drug-likeness (QED) is 0.753. The first-order valence-corrected chi connectivity index (χ1v) is 5.43. The summed E-state index contributed by atoms with van der Waals surface area (Å²) in [4.78, 5) is 1.69. The third-order valence-corrected chi connectivity index (χ3v) is 2.11. The van der Waals surface area contributed by atoms with Crippen LogP contribution in [0.1, 0.15) is 19.8 Å². The zero-order valence-electron chi connectivity index (χ0n) is 10.5. The van der Waals surface area contributed by atoms with Crippen molar-refractivity contribution < 1.29 is 26.3 Å². The van der Waals surface area contributed by atoms with Gasteiger partial charge < -0.3 is 10.2 Å². The van der Waals surface area contributed by atoms with Crippen LogP contribution in [-0.2, 0) is 0 Å². The van der Waals surface area contributed by atoms with Gasteiger partial charge in [-0.15, -0.1) is 0 Å². The molecule has 110 valence electrons. The van der Waals surface area contributed by atoms with Crippen molar-refractivity contribution >= 4 is 0 Å². The van der Waals surface area contributed by atoms with Crippen molar-refractivity contribution in [2.75, 3.05) is 20.6 Å². The Morgan fingerprint density at radius 2 is 1.33 bits per heavy atom. The highest BCUT2D eigenvalue weighted by Crippen LogP contribution is 2.29. The number of hydrogen-bond donors (Lipinski definition) is 1. The first-order valence-electron chi connectivity index (χ1n) is 5.43. The minimum absolute atomic E-state index is 0.367. The van der Waals surface area contributed by atoms with Crippen LogP contribution < -0.4 is 5.32 Å². The number of likely N-dealkylation sites (N-methyl/N-ethyl adjacent to an activating group) is 1. The van der Waals surface area contributed by atoms with Crippen LogP contribution in [0.25, 0.3) is 0 Å². The zero-order chi connectivity index (χ0) is 14.6. The van der Waals surface area contributed by atoms with Crippen LogP contribution in [0.2, 0.25) is 0 Å². The van der Waals surface area contributed by atoms with Gasteiger partial charge in [0.1, 0.15) is 0 Å². The number of hydrogen-bond acceptors (Lipinski definition) is 2. The van der Waals surface area contributed by atoms with Gasteiger partial charge in [0, 0.05) is 18.6 Å². The molecule has 0 radical (unpaired) electrons. The van der Waals surface area contributed by atoms with Gasteiger partial charge in [-0.25, -0.2) is 0 Å². The molecule has 0 aromatic rings. The summed E-state index contributed by atoms with van der Waals surface area (Å²) in [6.07, 6.45) is -12.2. The summed E-state index contributed by atoms with van der Waals surface area (Å²) in [7, 11) is 3.39. The Balaban J connectivity index is 4.47. The van der Waals surface area contributed by atoms with Crippen LogP contribution in [-0.4, -0.2) is 50.0 Å². The first-order chi connectivity index (χ1) is 7.89. The van der Waals surface area contributed by atoms with Gasteiger partial charge in [0.25, 0.3) is 0 Å². The van der Waals surface area contributed by atoms with Crippen molar-refractivity contribution in [3.63, 3.8) is 0 Å². The van der Waals surface area contributed by atoms with E-state index in [1.165, 1.54) is 0 Å². The van der Waals surface area contributed by atoms with Gasteiger partial charge in [-0.2, -0.15) is 26.3 Å². The van der Waals surface area contributed by atoms with E-state index in [0.29, 0.717) is 6.54 Å². The molecule has 18 heavy (non-hydrogen) atoms. The van der Waals surface area contributed by atoms with Crippen molar-refractivity contribution in [2.45, 2.75) is 44.2 Å². The molecule has 1 N–H and O–H groups in total. The summed E-state index contributed by atoms with van der Waals surface area (Å²) in [5.41, 5.74) is 0. The van der Waals surface area contributed by atoms with Crippen LogP contribution >= 0.6 is 0 Å². The van der Waals surface area contributed by atoms with Crippen molar-refractivity contribution in [2.24, 2.45) is 0 Å². The maximum atomic E-state index is 12.2. The van der Waals surface area contributed by atoms with Gasteiger partial charge in [-0.1, -0.05) is 0 Å². The molecule has 0 aromatic heterocycles. The number of nitrogens with zero attached hydrogens (tertiary/aromatic N) is 1. The largest absolute Gasteiger partial charge is 0.390 e. The summed E-state index contributed by atoms with van der Waals surface area (Å²) >= 11 is 0. The molecule has 0 spiro atoms. The standard InChI is InChI=1S/C10H18F6N2/c1-7(6-18(2)3)17-8(4-9(11,12)13)5-10(14,15)16/h7-8,17H,4-6H2,1-3H3. The molecule has 0 aliphatic carbocycles. The fourth-order valence-corrected chi connectivity index (χ4v) is 1.75. The first kappa shape index (κ1) is 17.5. The van der Waals surface area contributed by atoms with Crippen LogP contribution in [0.5, 0.6) is 0 Å². The van der Waals surface area contributed by atoms with Crippen molar-refractivity contribution in [3.8, 4) is 0 Å². The lowest BCUT2D eigenvalue weighted by atomic mass is 10.1. The third-order valence-electron chi connectivity index (χ3n) is 2.11.